The van der Waals surface area contributed by atoms with Crippen molar-refractivity contribution in [1.29, 1.82) is 5.26 Å². The smallest absolute Gasteiger partial charge is 0.0675 e. The highest BCUT2D eigenvalue weighted by atomic mass is 15.2. The van der Waals surface area contributed by atoms with Crippen LogP contribution in [0.5, 0.6) is 0 Å². The topological polar surface area (TPSA) is 27.0 Å². The normalized spacial score (nSPS) is 22.5. The average molecular weight is 228 g/mol. The van der Waals surface area contributed by atoms with Crippen LogP contribution in [0.3, 0.4) is 0 Å². The van der Waals surface area contributed by atoms with Crippen LogP contribution in [0.2, 0.25) is 0 Å². The molecule has 2 heteroatoms. The summed E-state index contributed by atoms with van der Waals surface area (Å²) >= 11 is 0. The molecule has 2 rings (SSSR count). The molecule has 0 aromatic heterocycles. The second-order valence-corrected chi connectivity index (χ2v) is 5.74. The van der Waals surface area contributed by atoms with Crippen molar-refractivity contribution in [2.24, 2.45) is 5.92 Å². The van der Waals surface area contributed by atoms with Gasteiger partial charge in [0.25, 0.3) is 0 Å². The quantitative estimate of drug-likeness (QED) is 0.736. The molecule has 1 aromatic carbocycles. The van der Waals surface area contributed by atoms with Crippen LogP contribution in [0.15, 0.2) is 18.2 Å². The highest BCUT2D eigenvalue weighted by Gasteiger charge is 2.38. The zero-order chi connectivity index (χ0) is 12.6. The molecule has 1 fully saturated rings. The van der Waals surface area contributed by atoms with E-state index in [9.17, 15) is 0 Å². The molecule has 1 saturated heterocycles. The van der Waals surface area contributed by atoms with E-state index in [0.29, 0.717) is 0 Å². The lowest BCUT2D eigenvalue weighted by Gasteiger charge is -2.34. The lowest BCUT2D eigenvalue weighted by Crippen LogP contribution is -2.38. The summed E-state index contributed by atoms with van der Waals surface area (Å²) in [6.07, 6.45) is 0.955. The van der Waals surface area contributed by atoms with Gasteiger partial charge in [-0.25, -0.2) is 0 Å². The summed E-state index contributed by atoms with van der Waals surface area (Å²) in [7, 11) is 0. The third-order valence-corrected chi connectivity index (χ3v) is 3.72. The van der Waals surface area contributed by atoms with Gasteiger partial charge in [-0.1, -0.05) is 12.1 Å². The third kappa shape index (κ3) is 2.15. The molecule has 1 aliphatic rings. The van der Waals surface area contributed by atoms with Gasteiger partial charge in [0, 0.05) is 17.8 Å². The molecule has 0 radical (unpaired) electrons. The number of nitrogens with zero attached hydrogens (tertiary/aromatic N) is 2. The van der Waals surface area contributed by atoms with E-state index in [4.69, 9.17) is 5.26 Å². The van der Waals surface area contributed by atoms with Crippen molar-refractivity contribution >= 4 is 5.69 Å². The Kier molecular flexibility index (Phi) is 2.87. The first kappa shape index (κ1) is 12.0. The van der Waals surface area contributed by atoms with Crippen molar-refractivity contribution in [3.63, 3.8) is 0 Å². The average Bonchev–Trinajstić information content (AvgIpc) is 2.57. The van der Waals surface area contributed by atoms with Crippen molar-refractivity contribution < 1.29 is 0 Å². The molecule has 0 amide bonds. The summed E-state index contributed by atoms with van der Waals surface area (Å²) in [5.41, 5.74) is 3.94. The van der Waals surface area contributed by atoms with Crippen LogP contribution in [0, 0.1) is 31.1 Å². The Hall–Kier alpha value is -1.49. The monoisotopic (exact) mass is 228 g/mol. The van der Waals surface area contributed by atoms with Crippen molar-refractivity contribution in [1.82, 2.24) is 0 Å². The van der Waals surface area contributed by atoms with E-state index in [1.807, 2.05) is 0 Å². The zero-order valence-corrected chi connectivity index (χ0v) is 11.1. The number of anilines is 1. The van der Waals surface area contributed by atoms with Crippen LogP contribution < -0.4 is 4.90 Å². The number of nitriles is 1. The Balaban J connectivity index is 2.40. The fourth-order valence-electron chi connectivity index (χ4n) is 2.77. The van der Waals surface area contributed by atoms with Gasteiger partial charge in [0.15, 0.2) is 0 Å². The number of aryl methyl sites for hydroxylation is 2. The molecule has 1 atom stereocenters. The molecule has 17 heavy (non-hydrogen) atoms. The summed E-state index contributed by atoms with van der Waals surface area (Å²) in [4.78, 5) is 2.39. The predicted molar refractivity (Wildman–Crippen MR) is 71.1 cm³/mol. The van der Waals surface area contributed by atoms with E-state index in [-0.39, 0.29) is 11.5 Å². The van der Waals surface area contributed by atoms with Gasteiger partial charge in [-0.15, -0.1) is 0 Å². The van der Waals surface area contributed by atoms with E-state index in [1.54, 1.807) is 0 Å². The number of hydrogen-bond donors (Lipinski definition) is 0. The van der Waals surface area contributed by atoms with Crippen molar-refractivity contribution in [2.75, 3.05) is 11.4 Å². The molecule has 0 N–H and O–H groups in total. The van der Waals surface area contributed by atoms with E-state index < -0.39 is 0 Å². The van der Waals surface area contributed by atoms with Crippen molar-refractivity contribution in [2.45, 2.75) is 39.7 Å². The first-order chi connectivity index (χ1) is 7.94. The lowest BCUT2D eigenvalue weighted by molar-refractivity contribution is 0.502. The van der Waals surface area contributed by atoms with Crippen LogP contribution in [0.1, 0.15) is 31.4 Å². The van der Waals surface area contributed by atoms with Gasteiger partial charge in [-0.05, 0) is 51.3 Å². The predicted octanol–water partition coefficient (Wildman–Crippen LogP) is 3.43. The first-order valence-corrected chi connectivity index (χ1v) is 6.18. The summed E-state index contributed by atoms with van der Waals surface area (Å²) in [5.74, 6) is 0.157. The highest BCUT2D eigenvalue weighted by molar-refractivity contribution is 5.58. The summed E-state index contributed by atoms with van der Waals surface area (Å²) in [6, 6.07) is 8.95. The molecule has 0 saturated carbocycles. The van der Waals surface area contributed by atoms with Gasteiger partial charge in [0.2, 0.25) is 0 Å². The molecule has 1 aromatic rings. The summed E-state index contributed by atoms with van der Waals surface area (Å²) in [5, 5.41) is 9.11. The maximum atomic E-state index is 9.11. The largest absolute Gasteiger partial charge is 0.365 e. The van der Waals surface area contributed by atoms with E-state index in [2.05, 4.69) is 56.9 Å². The van der Waals surface area contributed by atoms with Crippen LogP contribution in [0.4, 0.5) is 5.69 Å². The van der Waals surface area contributed by atoms with E-state index in [1.165, 1.54) is 16.8 Å². The second kappa shape index (κ2) is 4.07. The standard InChI is InChI=1S/C15H20N2/c1-11-5-6-12(2)14(7-11)17-10-13(9-16)8-15(17,3)4/h5-7,13H,8,10H2,1-4H3. The molecule has 1 aliphatic heterocycles. The maximum Gasteiger partial charge on any atom is 0.0675 e. The lowest BCUT2D eigenvalue weighted by atomic mass is 9.96. The van der Waals surface area contributed by atoms with Gasteiger partial charge in [0.05, 0.1) is 12.0 Å². The molecule has 0 bridgehead atoms. The third-order valence-electron chi connectivity index (χ3n) is 3.72. The molecule has 0 aliphatic carbocycles. The maximum absolute atomic E-state index is 9.11. The fraction of sp³-hybridized carbons (Fsp3) is 0.533. The highest BCUT2D eigenvalue weighted by Crippen LogP contribution is 2.38. The van der Waals surface area contributed by atoms with Crippen molar-refractivity contribution in [3.8, 4) is 6.07 Å². The first-order valence-electron chi connectivity index (χ1n) is 6.18. The number of hydrogen-bond acceptors (Lipinski definition) is 2. The SMILES string of the molecule is Cc1ccc(C)c(N2CC(C#N)CC2(C)C)c1. The summed E-state index contributed by atoms with van der Waals surface area (Å²) < 4.78 is 0. The van der Waals surface area contributed by atoms with Gasteiger partial charge in [0.1, 0.15) is 0 Å². The number of rotatable bonds is 1. The fourth-order valence-corrected chi connectivity index (χ4v) is 2.77. The Morgan fingerprint density at radius 1 is 1.35 bits per heavy atom. The van der Waals surface area contributed by atoms with E-state index >= 15 is 0 Å². The van der Waals surface area contributed by atoms with Gasteiger partial charge in [-0.2, -0.15) is 5.26 Å². The Bertz CT molecular complexity index is 468. The Morgan fingerprint density at radius 2 is 2.06 bits per heavy atom. The second-order valence-electron chi connectivity index (χ2n) is 5.74. The molecular weight excluding hydrogens is 208 g/mol. The molecular formula is C15H20N2. The Labute approximate surface area is 104 Å². The minimum absolute atomic E-state index is 0.0823. The summed E-state index contributed by atoms with van der Waals surface area (Å²) in [6.45, 7) is 9.57. The number of benzene rings is 1. The van der Waals surface area contributed by atoms with Crippen molar-refractivity contribution in [3.05, 3.63) is 29.3 Å². The van der Waals surface area contributed by atoms with Crippen LogP contribution in [0.25, 0.3) is 0 Å². The molecule has 2 nitrogen and oxygen atoms in total. The van der Waals surface area contributed by atoms with Gasteiger partial charge in [-0.3, -0.25) is 0 Å². The zero-order valence-electron chi connectivity index (χ0n) is 11.1. The molecule has 90 valence electrons. The van der Waals surface area contributed by atoms with Gasteiger partial charge >= 0.3 is 0 Å². The van der Waals surface area contributed by atoms with Gasteiger partial charge < -0.3 is 4.90 Å². The molecule has 0 spiro atoms. The van der Waals surface area contributed by atoms with E-state index in [0.717, 1.165) is 13.0 Å². The molecule has 1 heterocycles. The minimum atomic E-state index is 0.0823. The Morgan fingerprint density at radius 3 is 2.65 bits per heavy atom. The van der Waals surface area contributed by atoms with Crippen LogP contribution in [-0.4, -0.2) is 12.1 Å². The molecule has 1 unspecified atom stereocenters. The minimum Gasteiger partial charge on any atom is -0.365 e. The van der Waals surface area contributed by atoms with Crippen LogP contribution >= 0.6 is 0 Å². The van der Waals surface area contributed by atoms with Crippen LogP contribution in [-0.2, 0) is 0 Å².